The number of aliphatic hydroxyl groups excluding tert-OH is 1. The number of aromatic carboxylic acids is 1. The van der Waals surface area contributed by atoms with E-state index >= 15 is 0 Å². The highest BCUT2D eigenvalue weighted by atomic mass is 32.1. The molecule has 1 aliphatic rings. The third-order valence-corrected chi connectivity index (χ3v) is 6.64. The smallest absolute Gasteiger partial charge is 0.335 e. The van der Waals surface area contributed by atoms with Gasteiger partial charge < -0.3 is 19.7 Å². The van der Waals surface area contributed by atoms with Crippen LogP contribution in [0.2, 0.25) is 0 Å². The average Bonchev–Trinajstić information content (AvgIpc) is 3.22. The number of carbonyl (C=O) groups is 1. The van der Waals surface area contributed by atoms with Gasteiger partial charge in [0.15, 0.2) is 0 Å². The lowest BCUT2D eigenvalue weighted by atomic mass is 9.88. The monoisotopic (exact) mass is 465 g/mol. The topological polar surface area (TPSA) is 88.9 Å². The summed E-state index contributed by atoms with van der Waals surface area (Å²) in [7, 11) is 0. The summed E-state index contributed by atoms with van der Waals surface area (Å²) >= 11 is 1.44. The second-order valence-electron chi connectivity index (χ2n) is 7.93. The van der Waals surface area contributed by atoms with Gasteiger partial charge in [-0.3, -0.25) is 0 Å². The van der Waals surface area contributed by atoms with Gasteiger partial charge in [-0.25, -0.2) is 14.2 Å². The normalized spacial score (nSPS) is 17.4. The Morgan fingerprint density at radius 3 is 2.91 bits per heavy atom. The van der Waals surface area contributed by atoms with Crippen molar-refractivity contribution in [1.29, 1.82) is 0 Å². The molecule has 0 saturated heterocycles. The van der Waals surface area contributed by atoms with E-state index in [9.17, 15) is 19.4 Å². The maximum atomic E-state index is 13.4. The van der Waals surface area contributed by atoms with Crippen LogP contribution in [0.1, 0.15) is 32.6 Å². The first kappa shape index (κ1) is 21.4. The van der Waals surface area contributed by atoms with Crippen molar-refractivity contribution >= 4 is 27.5 Å². The summed E-state index contributed by atoms with van der Waals surface area (Å²) < 4.78 is 26.0. The van der Waals surface area contributed by atoms with Gasteiger partial charge in [0.25, 0.3) is 0 Å². The van der Waals surface area contributed by atoms with Crippen molar-refractivity contribution in [3.05, 3.63) is 88.2 Å². The molecule has 6 nitrogen and oxygen atoms in total. The van der Waals surface area contributed by atoms with Crippen molar-refractivity contribution < 1.29 is 28.9 Å². The minimum Gasteiger partial charge on any atom is -0.493 e. The number of fused-ring (bicyclic) bond motifs is 2. The Morgan fingerprint density at radius 1 is 1.18 bits per heavy atom. The van der Waals surface area contributed by atoms with Crippen LogP contribution in [0, 0.1) is 11.7 Å². The fraction of sp³-hybridized carbons (Fsp3) is 0.200. The van der Waals surface area contributed by atoms with E-state index in [0.717, 1.165) is 15.3 Å². The van der Waals surface area contributed by atoms with E-state index in [0.29, 0.717) is 35.6 Å². The lowest BCUT2D eigenvalue weighted by molar-refractivity contribution is 0.0504. The lowest BCUT2D eigenvalue weighted by Crippen LogP contribution is -2.27. The summed E-state index contributed by atoms with van der Waals surface area (Å²) in [6, 6.07) is 16.5. The van der Waals surface area contributed by atoms with Crippen LogP contribution in [-0.4, -0.2) is 27.8 Å². The lowest BCUT2D eigenvalue weighted by Gasteiger charge is -2.30. The second kappa shape index (κ2) is 8.80. The number of hydrogen-bond acceptors (Lipinski definition) is 6. The molecule has 0 bridgehead atoms. The fourth-order valence-electron chi connectivity index (χ4n) is 3.98. The fourth-order valence-corrected chi connectivity index (χ4v) is 4.84. The molecule has 0 amide bonds. The number of aromatic nitrogens is 1. The Kier molecular flexibility index (Phi) is 5.70. The third-order valence-electron chi connectivity index (χ3n) is 5.63. The minimum absolute atomic E-state index is 0.215. The molecule has 2 heterocycles. The van der Waals surface area contributed by atoms with E-state index in [1.165, 1.54) is 23.5 Å². The first-order valence-electron chi connectivity index (χ1n) is 10.4. The number of aliphatic hydroxyl groups is 1. The molecule has 0 unspecified atom stereocenters. The zero-order valence-electron chi connectivity index (χ0n) is 17.4. The maximum absolute atomic E-state index is 13.4. The van der Waals surface area contributed by atoms with Gasteiger partial charge in [0.05, 0.1) is 28.5 Å². The highest BCUT2D eigenvalue weighted by Crippen LogP contribution is 2.39. The largest absolute Gasteiger partial charge is 0.493 e. The molecule has 33 heavy (non-hydrogen) atoms. The molecule has 5 rings (SSSR count). The van der Waals surface area contributed by atoms with Crippen LogP contribution in [0.4, 0.5) is 4.39 Å². The predicted octanol–water partition coefficient (Wildman–Crippen LogP) is 5.00. The SMILES string of the molecule is O=C(O)c1cccc(C[C@H]2COc3ccc(OCc4nc5cc(F)ccc5s4)cc3[C@H]2O)c1. The van der Waals surface area contributed by atoms with Gasteiger partial charge in [-0.2, -0.15) is 0 Å². The molecule has 0 saturated carbocycles. The van der Waals surface area contributed by atoms with Gasteiger partial charge in [0.1, 0.15) is 28.9 Å². The summed E-state index contributed by atoms with van der Waals surface area (Å²) in [6.07, 6.45) is -0.300. The summed E-state index contributed by atoms with van der Waals surface area (Å²) in [5.41, 5.74) is 2.27. The Labute approximate surface area is 192 Å². The Morgan fingerprint density at radius 2 is 2.06 bits per heavy atom. The minimum atomic E-state index is -0.984. The molecular formula is C25H20FNO5S. The average molecular weight is 466 g/mol. The number of hydrogen-bond donors (Lipinski definition) is 2. The van der Waals surface area contributed by atoms with Crippen LogP contribution < -0.4 is 9.47 Å². The Bertz CT molecular complexity index is 1340. The molecule has 0 fully saturated rings. The van der Waals surface area contributed by atoms with Crippen molar-refractivity contribution in [1.82, 2.24) is 4.98 Å². The number of halogens is 1. The van der Waals surface area contributed by atoms with Gasteiger partial charge in [0, 0.05) is 17.5 Å². The van der Waals surface area contributed by atoms with Crippen molar-refractivity contribution in [2.45, 2.75) is 19.1 Å². The highest BCUT2D eigenvalue weighted by Gasteiger charge is 2.30. The molecule has 8 heteroatoms. The molecule has 0 aliphatic carbocycles. The molecule has 3 aromatic carbocycles. The highest BCUT2D eigenvalue weighted by molar-refractivity contribution is 7.18. The van der Waals surface area contributed by atoms with E-state index < -0.39 is 12.1 Å². The van der Waals surface area contributed by atoms with Crippen molar-refractivity contribution in [3.8, 4) is 11.5 Å². The molecule has 2 N–H and O–H groups in total. The first-order valence-corrected chi connectivity index (χ1v) is 11.2. The molecule has 1 aromatic heterocycles. The van der Waals surface area contributed by atoms with E-state index in [4.69, 9.17) is 9.47 Å². The maximum Gasteiger partial charge on any atom is 0.335 e. The number of carboxylic acid groups (broad SMARTS) is 1. The van der Waals surface area contributed by atoms with Crippen LogP contribution in [0.3, 0.4) is 0 Å². The second-order valence-corrected chi connectivity index (χ2v) is 9.05. The predicted molar refractivity (Wildman–Crippen MR) is 121 cm³/mol. The van der Waals surface area contributed by atoms with Crippen LogP contribution >= 0.6 is 11.3 Å². The van der Waals surface area contributed by atoms with E-state index in [2.05, 4.69) is 4.98 Å². The van der Waals surface area contributed by atoms with E-state index in [1.54, 1.807) is 42.5 Å². The van der Waals surface area contributed by atoms with Gasteiger partial charge >= 0.3 is 5.97 Å². The number of rotatable bonds is 6. The molecule has 0 spiro atoms. The summed E-state index contributed by atoms with van der Waals surface area (Å²) in [4.78, 5) is 15.6. The molecule has 168 valence electrons. The summed E-state index contributed by atoms with van der Waals surface area (Å²) in [5, 5.41) is 20.9. The molecule has 0 radical (unpaired) electrons. The number of carboxylic acids is 1. The zero-order valence-corrected chi connectivity index (χ0v) is 18.2. The van der Waals surface area contributed by atoms with E-state index in [1.807, 2.05) is 6.07 Å². The number of ether oxygens (including phenoxy) is 2. The molecular weight excluding hydrogens is 445 g/mol. The van der Waals surface area contributed by atoms with Crippen LogP contribution in [-0.2, 0) is 13.0 Å². The first-order chi connectivity index (χ1) is 16.0. The number of nitrogens with zero attached hydrogens (tertiary/aromatic N) is 1. The molecule has 4 aromatic rings. The quantitative estimate of drug-likeness (QED) is 0.417. The summed E-state index contributed by atoms with van der Waals surface area (Å²) in [5.74, 6) is -0.372. The van der Waals surface area contributed by atoms with Crippen LogP contribution in [0.15, 0.2) is 60.7 Å². The van der Waals surface area contributed by atoms with Gasteiger partial charge in [-0.15, -0.1) is 11.3 Å². The van der Waals surface area contributed by atoms with Gasteiger partial charge in [-0.1, -0.05) is 12.1 Å². The zero-order chi connectivity index (χ0) is 22.9. The Balaban J connectivity index is 1.30. The van der Waals surface area contributed by atoms with Gasteiger partial charge in [-0.05, 0) is 54.4 Å². The van der Waals surface area contributed by atoms with Crippen LogP contribution in [0.25, 0.3) is 10.2 Å². The summed E-state index contributed by atoms with van der Waals surface area (Å²) in [6.45, 7) is 0.552. The van der Waals surface area contributed by atoms with Crippen LogP contribution in [0.5, 0.6) is 11.5 Å². The molecule has 2 atom stereocenters. The van der Waals surface area contributed by atoms with Gasteiger partial charge in [0.2, 0.25) is 0 Å². The van der Waals surface area contributed by atoms with E-state index in [-0.39, 0.29) is 23.9 Å². The number of benzene rings is 3. The Hall–Kier alpha value is -3.49. The number of thiazole rings is 1. The van der Waals surface area contributed by atoms with Crippen molar-refractivity contribution in [2.75, 3.05) is 6.61 Å². The standard InChI is InChI=1S/C25H20FNO5S/c26-17-4-7-22-20(10-17)27-23(33-22)13-31-18-5-6-21-19(11-18)24(28)16(12-32-21)9-14-2-1-3-15(8-14)25(29)30/h1-8,10-11,16,24,28H,9,12-13H2,(H,29,30)/t16-,24-/m0/s1. The molecule has 1 aliphatic heterocycles. The van der Waals surface area contributed by atoms with Crippen molar-refractivity contribution in [2.24, 2.45) is 5.92 Å². The third kappa shape index (κ3) is 4.53. The van der Waals surface area contributed by atoms with Crippen molar-refractivity contribution in [3.63, 3.8) is 0 Å².